The number of hydrogen-bond donors (Lipinski definition) is 1. The molecule has 0 aliphatic carbocycles. The predicted molar refractivity (Wildman–Crippen MR) is 119 cm³/mol. The highest BCUT2D eigenvalue weighted by molar-refractivity contribution is 8.17. The normalized spacial score (nSPS) is 15.2. The third-order valence-corrected chi connectivity index (χ3v) is 8.30. The predicted octanol–water partition coefficient (Wildman–Crippen LogP) is 6.37. The third kappa shape index (κ3) is 3.06. The SMILES string of the molecule is O=C(Oc1ccc([SH]2CCCC2)c2ccccc12)c1cccc2ccccc12. The van der Waals surface area contributed by atoms with Gasteiger partial charge in [-0.3, -0.25) is 0 Å². The number of esters is 1. The van der Waals surface area contributed by atoms with Gasteiger partial charge >= 0.3 is 5.97 Å². The summed E-state index contributed by atoms with van der Waals surface area (Å²) in [6, 6.07) is 26.2. The van der Waals surface area contributed by atoms with E-state index in [0.717, 1.165) is 16.2 Å². The molecule has 2 nitrogen and oxygen atoms in total. The van der Waals surface area contributed by atoms with Gasteiger partial charge in [0.2, 0.25) is 0 Å². The summed E-state index contributed by atoms with van der Waals surface area (Å²) in [6.07, 6.45) is 2.66. The van der Waals surface area contributed by atoms with Crippen LogP contribution in [-0.2, 0) is 0 Å². The molecule has 140 valence electrons. The summed E-state index contributed by atoms with van der Waals surface area (Å²) in [5.74, 6) is 2.97. The molecule has 1 aliphatic rings. The van der Waals surface area contributed by atoms with Crippen molar-refractivity contribution in [1.29, 1.82) is 0 Å². The fourth-order valence-corrected chi connectivity index (χ4v) is 6.87. The van der Waals surface area contributed by atoms with Gasteiger partial charge in [-0.05, 0) is 63.6 Å². The van der Waals surface area contributed by atoms with Crippen LogP contribution in [0.1, 0.15) is 23.2 Å². The Labute approximate surface area is 167 Å². The van der Waals surface area contributed by atoms with Crippen LogP contribution in [0.2, 0.25) is 0 Å². The lowest BCUT2D eigenvalue weighted by molar-refractivity contribution is 0.0739. The second-order valence-electron chi connectivity index (χ2n) is 7.24. The van der Waals surface area contributed by atoms with Crippen LogP contribution in [0.4, 0.5) is 0 Å². The molecular formula is C25H22O2S. The van der Waals surface area contributed by atoms with Crippen LogP contribution in [0.25, 0.3) is 21.5 Å². The molecule has 3 heteroatoms. The first-order valence-electron chi connectivity index (χ1n) is 9.78. The van der Waals surface area contributed by atoms with Crippen LogP contribution in [0.15, 0.2) is 83.8 Å². The molecule has 1 fully saturated rings. The average molecular weight is 387 g/mol. The van der Waals surface area contributed by atoms with Crippen LogP contribution in [-0.4, -0.2) is 17.5 Å². The summed E-state index contributed by atoms with van der Waals surface area (Å²) < 4.78 is 5.91. The van der Waals surface area contributed by atoms with E-state index in [0.29, 0.717) is 11.3 Å². The zero-order valence-electron chi connectivity index (χ0n) is 15.6. The number of carbonyl (C=O) groups is 1. The van der Waals surface area contributed by atoms with Gasteiger partial charge in [-0.25, -0.2) is 15.7 Å². The molecule has 0 atom stereocenters. The largest absolute Gasteiger partial charge is 0.422 e. The molecule has 0 bridgehead atoms. The van der Waals surface area contributed by atoms with Crippen LogP contribution in [0.5, 0.6) is 5.75 Å². The second kappa shape index (κ2) is 7.33. The standard InChI is InChI=1S/C25H22O2S/c26-25(22-13-7-9-18-8-1-2-10-19(18)22)27-23-14-15-24(28-16-5-6-17-28)21-12-4-3-11-20(21)23/h1-4,7-15,28H,5-6,16-17H2. The maximum atomic E-state index is 13.0. The van der Waals surface area contributed by atoms with Gasteiger partial charge in [-0.1, -0.05) is 60.7 Å². The van der Waals surface area contributed by atoms with Gasteiger partial charge in [-0.15, -0.1) is 0 Å². The smallest absolute Gasteiger partial charge is 0.344 e. The molecule has 0 spiro atoms. The molecule has 0 radical (unpaired) electrons. The van der Waals surface area contributed by atoms with Gasteiger partial charge in [0, 0.05) is 5.39 Å². The number of hydrogen-bond acceptors (Lipinski definition) is 2. The third-order valence-electron chi connectivity index (χ3n) is 5.52. The van der Waals surface area contributed by atoms with E-state index in [9.17, 15) is 4.79 Å². The minimum atomic E-state index is -0.304. The highest BCUT2D eigenvalue weighted by atomic mass is 32.2. The highest BCUT2D eigenvalue weighted by Gasteiger charge is 2.19. The fraction of sp³-hybridized carbons (Fsp3) is 0.160. The Kier molecular flexibility index (Phi) is 4.53. The van der Waals surface area contributed by atoms with Crippen LogP contribution in [0, 0.1) is 0 Å². The summed E-state index contributed by atoms with van der Waals surface area (Å²) in [5.41, 5.74) is 0.603. The molecular weight excluding hydrogens is 364 g/mol. The molecule has 0 unspecified atom stereocenters. The van der Waals surface area contributed by atoms with Crippen molar-refractivity contribution in [2.24, 2.45) is 0 Å². The van der Waals surface area contributed by atoms with E-state index in [1.807, 2.05) is 54.6 Å². The molecule has 1 aliphatic heterocycles. The Morgan fingerprint density at radius 2 is 1.39 bits per heavy atom. The van der Waals surface area contributed by atoms with E-state index in [2.05, 4.69) is 24.3 Å². The van der Waals surface area contributed by atoms with Crippen LogP contribution < -0.4 is 4.74 Å². The Morgan fingerprint density at radius 1 is 0.714 bits per heavy atom. The van der Waals surface area contributed by atoms with Crippen LogP contribution in [0.3, 0.4) is 0 Å². The van der Waals surface area contributed by atoms with E-state index in [4.69, 9.17) is 4.74 Å². The molecule has 0 N–H and O–H groups in total. The molecule has 5 rings (SSSR count). The molecule has 0 saturated carbocycles. The molecule has 1 saturated heterocycles. The van der Waals surface area contributed by atoms with Crippen molar-refractivity contribution in [1.82, 2.24) is 0 Å². The maximum Gasteiger partial charge on any atom is 0.344 e. The molecule has 28 heavy (non-hydrogen) atoms. The van der Waals surface area contributed by atoms with Crippen molar-refractivity contribution in [3.05, 3.63) is 84.4 Å². The average Bonchev–Trinajstić information content (AvgIpc) is 3.28. The van der Waals surface area contributed by atoms with E-state index >= 15 is 0 Å². The van der Waals surface area contributed by atoms with Crippen molar-refractivity contribution < 1.29 is 9.53 Å². The van der Waals surface area contributed by atoms with Gasteiger partial charge < -0.3 is 4.74 Å². The van der Waals surface area contributed by atoms with E-state index < -0.39 is 0 Å². The number of carbonyl (C=O) groups excluding carboxylic acids is 1. The van der Waals surface area contributed by atoms with Crippen molar-refractivity contribution in [3.63, 3.8) is 0 Å². The molecule has 4 aromatic rings. The first-order valence-corrected chi connectivity index (χ1v) is 11.5. The topological polar surface area (TPSA) is 26.3 Å². The second-order valence-corrected chi connectivity index (χ2v) is 9.69. The van der Waals surface area contributed by atoms with Crippen molar-refractivity contribution in [2.45, 2.75) is 17.7 Å². The number of ether oxygens (including phenoxy) is 1. The van der Waals surface area contributed by atoms with E-state index in [1.54, 1.807) is 0 Å². The maximum absolute atomic E-state index is 13.0. The Balaban J connectivity index is 1.55. The fourth-order valence-electron chi connectivity index (χ4n) is 4.14. The first kappa shape index (κ1) is 17.3. The zero-order chi connectivity index (χ0) is 18.9. The van der Waals surface area contributed by atoms with Gasteiger partial charge in [0.25, 0.3) is 0 Å². The summed E-state index contributed by atoms with van der Waals surface area (Å²) in [6.45, 7) is 0. The lowest BCUT2D eigenvalue weighted by Gasteiger charge is -2.19. The number of benzene rings is 4. The number of fused-ring (bicyclic) bond motifs is 2. The Bertz CT molecular complexity index is 1170. The molecule has 1 heterocycles. The number of rotatable bonds is 3. The molecule has 0 aromatic heterocycles. The lowest BCUT2D eigenvalue weighted by Crippen LogP contribution is -2.09. The summed E-state index contributed by atoms with van der Waals surface area (Å²) >= 11 is 0. The van der Waals surface area contributed by atoms with E-state index in [1.165, 1.54) is 34.6 Å². The summed E-state index contributed by atoms with van der Waals surface area (Å²) in [7, 11) is -0.0806. The van der Waals surface area contributed by atoms with Gasteiger partial charge in [0.15, 0.2) is 0 Å². The molecule has 0 amide bonds. The minimum Gasteiger partial charge on any atom is -0.422 e. The highest BCUT2D eigenvalue weighted by Crippen LogP contribution is 2.47. The lowest BCUT2D eigenvalue weighted by atomic mass is 10.0. The van der Waals surface area contributed by atoms with Gasteiger partial charge in [0.1, 0.15) is 5.75 Å². The summed E-state index contributed by atoms with van der Waals surface area (Å²) in [4.78, 5) is 14.4. The van der Waals surface area contributed by atoms with E-state index in [-0.39, 0.29) is 16.9 Å². The Morgan fingerprint density at radius 3 is 2.21 bits per heavy atom. The summed E-state index contributed by atoms with van der Waals surface area (Å²) in [5, 5.41) is 4.23. The zero-order valence-corrected chi connectivity index (χ0v) is 16.5. The first-order chi connectivity index (χ1) is 13.8. The monoisotopic (exact) mass is 386 g/mol. The molecule has 4 aromatic carbocycles. The van der Waals surface area contributed by atoms with Gasteiger partial charge in [0.05, 0.1) is 5.56 Å². The Hall–Kier alpha value is -2.78. The number of thiol groups is 1. The quantitative estimate of drug-likeness (QED) is 0.252. The minimum absolute atomic E-state index is 0.0806. The van der Waals surface area contributed by atoms with Crippen molar-refractivity contribution in [3.8, 4) is 5.75 Å². The van der Waals surface area contributed by atoms with Gasteiger partial charge in [-0.2, -0.15) is 0 Å². The van der Waals surface area contributed by atoms with Crippen molar-refractivity contribution >= 4 is 38.4 Å². The van der Waals surface area contributed by atoms with Crippen LogP contribution >= 0.6 is 10.9 Å². The van der Waals surface area contributed by atoms with Crippen molar-refractivity contribution in [2.75, 3.05) is 11.5 Å².